The van der Waals surface area contributed by atoms with Crippen LogP contribution in [0.1, 0.15) is 0 Å². The van der Waals surface area contributed by atoms with Crippen LogP contribution >= 0.6 is 43.5 Å². The number of halogens is 3. The van der Waals surface area contributed by atoms with Gasteiger partial charge in [-0.2, -0.15) is 4.31 Å². The Labute approximate surface area is 162 Å². The minimum absolute atomic E-state index is 0.114. The lowest BCUT2D eigenvalue weighted by Crippen LogP contribution is -2.35. The van der Waals surface area contributed by atoms with Crippen molar-refractivity contribution in [1.82, 2.24) is 4.31 Å². The molecule has 0 saturated heterocycles. The van der Waals surface area contributed by atoms with Crippen LogP contribution in [0.2, 0.25) is 5.02 Å². The minimum atomic E-state index is -3.75. The Bertz CT molecular complexity index is 858. The van der Waals surface area contributed by atoms with E-state index in [-0.39, 0.29) is 11.4 Å². The van der Waals surface area contributed by atoms with Crippen molar-refractivity contribution in [1.29, 1.82) is 0 Å². The van der Waals surface area contributed by atoms with Gasteiger partial charge in [0.1, 0.15) is 0 Å². The van der Waals surface area contributed by atoms with E-state index in [9.17, 15) is 13.2 Å². The van der Waals surface area contributed by atoms with Crippen LogP contribution in [0.3, 0.4) is 0 Å². The summed E-state index contributed by atoms with van der Waals surface area (Å²) < 4.78 is 27.4. The number of likely N-dealkylation sites (N-methyl/N-ethyl adjacent to an activating group) is 1. The molecule has 0 aliphatic rings. The van der Waals surface area contributed by atoms with Crippen LogP contribution in [0, 0.1) is 0 Å². The zero-order valence-corrected chi connectivity index (χ0v) is 17.2. The van der Waals surface area contributed by atoms with E-state index in [4.69, 9.17) is 11.6 Å². The first kappa shape index (κ1) is 19.4. The van der Waals surface area contributed by atoms with Crippen LogP contribution in [-0.2, 0) is 14.8 Å². The molecule has 2 rings (SSSR count). The van der Waals surface area contributed by atoms with Crippen molar-refractivity contribution in [3.8, 4) is 0 Å². The van der Waals surface area contributed by atoms with E-state index >= 15 is 0 Å². The summed E-state index contributed by atoms with van der Waals surface area (Å²) in [5.41, 5.74) is 0.416. The number of rotatable bonds is 5. The number of sulfonamides is 1. The average Bonchev–Trinajstić information content (AvgIpc) is 2.50. The van der Waals surface area contributed by atoms with E-state index in [1.807, 2.05) is 0 Å². The molecule has 0 heterocycles. The molecular weight excluding hydrogens is 484 g/mol. The Morgan fingerprint density at radius 3 is 2.29 bits per heavy atom. The second-order valence-electron chi connectivity index (χ2n) is 4.89. The highest BCUT2D eigenvalue weighted by molar-refractivity contribution is 9.10. The van der Waals surface area contributed by atoms with Crippen LogP contribution in [0.25, 0.3) is 0 Å². The van der Waals surface area contributed by atoms with Crippen molar-refractivity contribution in [2.24, 2.45) is 0 Å². The number of nitrogens with zero attached hydrogens (tertiary/aromatic N) is 1. The molecule has 1 amide bonds. The maximum absolute atomic E-state index is 12.4. The first-order chi connectivity index (χ1) is 11.2. The van der Waals surface area contributed by atoms with Crippen molar-refractivity contribution in [3.63, 3.8) is 0 Å². The van der Waals surface area contributed by atoms with Crippen molar-refractivity contribution in [3.05, 3.63) is 56.4 Å². The molecule has 0 fully saturated rings. The quantitative estimate of drug-likeness (QED) is 0.677. The van der Waals surface area contributed by atoms with Crippen molar-refractivity contribution < 1.29 is 13.2 Å². The van der Waals surface area contributed by atoms with Gasteiger partial charge in [-0.15, -0.1) is 0 Å². The summed E-state index contributed by atoms with van der Waals surface area (Å²) in [7, 11) is -2.40. The Hall–Kier alpha value is -0.930. The monoisotopic (exact) mass is 494 g/mol. The molecule has 2 aromatic rings. The van der Waals surface area contributed by atoms with Gasteiger partial charge in [0.2, 0.25) is 15.9 Å². The van der Waals surface area contributed by atoms with Crippen molar-refractivity contribution in [2.45, 2.75) is 4.90 Å². The van der Waals surface area contributed by atoms with E-state index in [0.717, 1.165) is 13.3 Å². The van der Waals surface area contributed by atoms with E-state index in [0.29, 0.717) is 10.7 Å². The molecular formula is C15H13Br2ClN2O3S. The first-order valence-electron chi connectivity index (χ1n) is 6.67. The van der Waals surface area contributed by atoms with E-state index in [2.05, 4.69) is 37.2 Å². The van der Waals surface area contributed by atoms with Gasteiger partial charge in [0.15, 0.2) is 0 Å². The summed E-state index contributed by atoms with van der Waals surface area (Å²) in [6, 6.07) is 11.2. The van der Waals surface area contributed by atoms with Crippen LogP contribution in [-0.4, -0.2) is 32.2 Å². The van der Waals surface area contributed by atoms with Gasteiger partial charge in [0, 0.05) is 16.0 Å². The highest BCUT2D eigenvalue weighted by Crippen LogP contribution is 2.25. The molecule has 0 spiro atoms. The number of benzene rings is 2. The van der Waals surface area contributed by atoms with Crippen LogP contribution in [0.4, 0.5) is 5.69 Å². The normalized spacial score (nSPS) is 11.5. The number of hydrogen-bond donors (Lipinski definition) is 1. The molecule has 0 aliphatic heterocycles. The fourth-order valence-corrected chi connectivity index (χ4v) is 3.97. The Balaban J connectivity index is 2.09. The minimum Gasteiger partial charge on any atom is -0.324 e. The SMILES string of the molecule is CN(CC(=O)Nc1ccc(Br)cc1Cl)S(=O)(=O)c1ccc(Br)cc1. The summed E-state index contributed by atoms with van der Waals surface area (Å²) in [6.07, 6.45) is 0. The predicted molar refractivity (Wildman–Crippen MR) is 102 cm³/mol. The highest BCUT2D eigenvalue weighted by atomic mass is 79.9. The molecule has 0 bridgehead atoms. The van der Waals surface area contributed by atoms with E-state index in [1.54, 1.807) is 30.3 Å². The third-order valence-corrected chi connectivity index (χ3v) is 6.25. The van der Waals surface area contributed by atoms with Gasteiger partial charge >= 0.3 is 0 Å². The van der Waals surface area contributed by atoms with Gasteiger partial charge in [-0.05, 0) is 42.5 Å². The molecule has 5 nitrogen and oxygen atoms in total. The molecule has 128 valence electrons. The van der Waals surface area contributed by atoms with Crippen molar-refractivity contribution in [2.75, 3.05) is 18.9 Å². The second kappa shape index (κ2) is 7.97. The van der Waals surface area contributed by atoms with E-state index in [1.165, 1.54) is 19.2 Å². The topological polar surface area (TPSA) is 66.5 Å². The summed E-state index contributed by atoms with van der Waals surface area (Å²) in [5, 5.41) is 2.95. The fourth-order valence-electron chi connectivity index (χ4n) is 1.85. The molecule has 2 aromatic carbocycles. The highest BCUT2D eigenvalue weighted by Gasteiger charge is 2.23. The van der Waals surface area contributed by atoms with Crippen LogP contribution < -0.4 is 5.32 Å². The Kier molecular flexibility index (Phi) is 6.44. The molecule has 0 aromatic heterocycles. The van der Waals surface area contributed by atoms with E-state index < -0.39 is 15.9 Å². The zero-order chi connectivity index (χ0) is 17.9. The number of amides is 1. The van der Waals surface area contributed by atoms with Gasteiger partial charge in [-0.25, -0.2) is 8.42 Å². The predicted octanol–water partition coefficient (Wildman–Crippen LogP) is 4.12. The molecule has 24 heavy (non-hydrogen) atoms. The van der Waals surface area contributed by atoms with Gasteiger partial charge in [0.05, 0.1) is 22.2 Å². The molecule has 0 unspecified atom stereocenters. The van der Waals surface area contributed by atoms with Crippen molar-refractivity contribution >= 4 is 65.1 Å². The third-order valence-electron chi connectivity index (χ3n) is 3.09. The number of carbonyl (C=O) groups is 1. The number of nitrogens with one attached hydrogen (secondary N) is 1. The van der Waals surface area contributed by atoms with Gasteiger partial charge in [0.25, 0.3) is 0 Å². The van der Waals surface area contributed by atoms with Gasteiger partial charge in [-0.3, -0.25) is 4.79 Å². The molecule has 1 N–H and O–H groups in total. The Morgan fingerprint density at radius 2 is 1.71 bits per heavy atom. The Morgan fingerprint density at radius 1 is 1.12 bits per heavy atom. The fraction of sp³-hybridized carbons (Fsp3) is 0.133. The molecule has 9 heteroatoms. The standard InChI is InChI=1S/C15H13Br2ClN2O3S/c1-20(24(22,23)12-5-2-10(16)3-6-12)9-15(21)19-14-7-4-11(17)8-13(14)18/h2-8H,9H2,1H3,(H,19,21). The number of carbonyl (C=O) groups excluding carboxylic acids is 1. The molecule has 0 saturated carbocycles. The lowest BCUT2D eigenvalue weighted by Gasteiger charge is -2.17. The smallest absolute Gasteiger partial charge is 0.243 e. The largest absolute Gasteiger partial charge is 0.324 e. The summed E-state index contributed by atoms with van der Waals surface area (Å²) in [5.74, 6) is -0.484. The molecule has 0 atom stereocenters. The summed E-state index contributed by atoms with van der Waals surface area (Å²) in [4.78, 5) is 12.2. The first-order valence-corrected chi connectivity index (χ1v) is 10.1. The average molecular weight is 497 g/mol. The van der Waals surface area contributed by atoms with Gasteiger partial charge < -0.3 is 5.32 Å². The maximum atomic E-state index is 12.4. The maximum Gasteiger partial charge on any atom is 0.243 e. The number of anilines is 1. The van der Waals surface area contributed by atoms with Crippen LogP contribution in [0.15, 0.2) is 56.3 Å². The lowest BCUT2D eigenvalue weighted by molar-refractivity contribution is -0.116. The second-order valence-corrected chi connectivity index (χ2v) is 9.17. The lowest BCUT2D eigenvalue weighted by atomic mass is 10.3. The molecule has 0 aliphatic carbocycles. The van der Waals surface area contributed by atoms with Crippen LogP contribution in [0.5, 0.6) is 0 Å². The summed E-state index contributed by atoms with van der Waals surface area (Å²) >= 11 is 12.6. The van der Waals surface area contributed by atoms with Gasteiger partial charge in [-0.1, -0.05) is 43.5 Å². The zero-order valence-electron chi connectivity index (χ0n) is 12.5. The summed E-state index contributed by atoms with van der Waals surface area (Å²) in [6.45, 7) is -0.329. The number of hydrogen-bond acceptors (Lipinski definition) is 3. The third kappa shape index (κ3) is 4.80. The molecule has 0 radical (unpaired) electrons.